The Labute approximate surface area is 133 Å². The molecule has 1 saturated heterocycles. The third kappa shape index (κ3) is 3.39. The number of sulfonamides is 1. The van der Waals surface area contributed by atoms with Gasteiger partial charge < -0.3 is 5.32 Å². The standard InChI is InChI=1S/C13H19BrN2O2S2/c1-15-8-10-3-4-13(12(14)7-10)20(17,18)16(2)11-5-6-19-9-11/h3-4,7,11,15H,5-6,8-9H2,1-2H3. The Bertz CT molecular complexity index is 572. The van der Waals surface area contributed by atoms with Crippen LogP contribution in [0, 0.1) is 0 Å². The molecular weight excluding hydrogens is 360 g/mol. The first-order chi connectivity index (χ1) is 9.46. The molecule has 0 spiro atoms. The summed E-state index contributed by atoms with van der Waals surface area (Å²) in [7, 11) is 0.113. The lowest BCUT2D eigenvalue weighted by molar-refractivity contribution is 0.394. The van der Waals surface area contributed by atoms with Crippen molar-refractivity contribution >= 4 is 37.7 Å². The fraction of sp³-hybridized carbons (Fsp3) is 0.538. The Kier molecular flexibility index (Phi) is 5.53. The van der Waals surface area contributed by atoms with Gasteiger partial charge in [-0.1, -0.05) is 6.07 Å². The summed E-state index contributed by atoms with van der Waals surface area (Å²) in [6.45, 7) is 0.716. The van der Waals surface area contributed by atoms with Crippen molar-refractivity contribution in [1.29, 1.82) is 0 Å². The molecular formula is C13H19BrN2O2S2. The van der Waals surface area contributed by atoms with Crippen LogP contribution in [0.25, 0.3) is 0 Å². The van der Waals surface area contributed by atoms with Gasteiger partial charge in [-0.2, -0.15) is 16.1 Å². The smallest absolute Gasteiger partial charge is 0.244 e. The number of hydrogen-bond acceptors (Lipinski definition) is 4. The van der Waals surface area contributed by atoms with Crippen LogP contribution in [0.15, 0.2) is 27.6 Å². The van der Waals surface area contributed by atoms with Crippen LogP contribution in [0.2, 0.25) is 0 Å². The van der Waals surface area contributed by atoms with Crippen molar-refractivity contribution < 1.29 is 8.42 Å². The number of benzene rings is 1. The van der Waals surface area contributed by atoms with E-state index in [1.807, 2.05) is 30.9 Å². The molecule has 4 nitrogen and oxygen atoms in total. The second-order valence-corrected chi connectivity index (χ2v) is 8.80. The predicted octanol–water partition coefficient (Wildman–Crippen LogP) is 2.29. The number of hydrogen-bond donors (Lipinski definition) is 1. The van der Waals surface area contributed by atoms with E-state index in [2.05, 4.69) is 21.2 Å². The van der Waals surface area contributed by atoms with E-state index in [1.165, 1.54) is 4.31 Å². The van der Waals surface area contributed by atoms with E-state index in [9.17, 15) is 8.42 Å². The maximum atomic E-state index is 12.7. The molecule has 2 rings (SSSR count). The molecule has 1 N–H and O–H groups in total. The van der Waals surface area contributed by atoms with Crippen molar-refractivity contribution in [1.82, 2.24) is 9.62 Å². The molecule has 1 aliphatic heterocycles. The highest BCUT2D eigenvalue weighted by molar-refractivity contribution is 9.10. The summed E-state index contributed by atoms with van der Waals surface area (Å²) in [6, 6.07) is 5.50. The molecule has 0 radical (unpaired) electrons. The minimum Gasteiger partial charge on any atom is -0.316 e. The van der Waals surface area contributed by atoms with Crippen molar-refractivity contribution in [2.75, 3.05) is 25.6 Å². The Morgan fingerprint density at radius 3 is 2.80 bits per heavy atom. The van der Waals surface area contributed by atoms with Crippen LogP contribution in [-0.4, -0.2) is 44.4 Å². The molecule has 1 aromatic rings. The molecule has 7 heteroatoms. The molecule has 1 unspecified atom stereocenters. The van der Waals surface area contributed by atoms with Gasteiger partial charge in [0.2, 0.25) is 10.0 Å². The lowest BCUT2D eigenvalue weighted by atomic mass is 10.2. The first kappa shape index (κ1) is 16.3. The van der Waals surface area contributed by atoms with Gasteiger partial charge in [-0.3, -0.25) is 0 Å². The van der Waals surface area contributed by atoms with Gasteiger partial charge in [0.1, 0.15) is 0 Å². The minimum atomic E-state index is -3.43. The Morgan fingerprint density at radius 2 is 2.25 bits per heavy atom. The number of nitrogens with zero attached hydrogens (tertiary/aromatic N) is 1. The highest BCUT2D eigenvalue weighted by atomic mass is 79.9. The van der Waals surface area contributed by atoms with Crippen LogP contribution in [-0.2, 0) is 16.6 Å². The quantitative estimate of drug-likeness (QED) is 0.853. The van der Waals surface area contributed by atoms with E-state index in [-0.39, 0.29) is 6.04 Å². The normalized spacial score (nSPS) is 19.7. The second-order valence-electron chi connectivity index (χ2n) is 4.83. The van der Waals surface area contributed by atoms with E-state index < -0.39 is 10.0 Å². The molecule has 1 heterocycles. The first-order valence-electron chi connectivity index (χ1n) is 6.45. The van der Waals surface area contributed by atoms with Gasteiger partial charge in [0.05, 0.1) is 4.90 Å². The van der Waals surface area contributed by atoms with Gasteiger partial charge in [0.15, 0.2) is 0 Å². The Hall–Kier alpha value is -0.0800. The molecule has 20 heavy (non-hydrogen) atoms. The maximum absolute atomic E-state index is 12.7. The monoisotopic (exact) mass is 378 g/mol. The minimum absolute atomic E-state index is 0.105. The van der Waals surface area contributed by atoms with E-state index >= 15 is 0 Å². The molecule has 1 fully saturated rings. The van der Waals surface area contributed by atoms with Crippen LogP contribution < -0.4 is 5.32 Å². The van der Waals surface area contributed by atoms with Crippen molar-refractivity contribution in [3.8, 4) is 0 Å². The summed E-state index contributed by atoms with van der Waals surface area (Å²) < 4.78 is 27.5. The van der Waals surface area contributed by atoms with Crippen LogP contribution >= 0.6 is 27.7 Å². The summed E-state index contributed by atoms with van der Waals surface area (Å²) in [5, 5.41) is 3.05. The van der Waals surface area contributed by atoms with Gasteiger partial charge in [-0.15, -0.1) is 0 Å². The second kappa shape index (κ2) is 6.79. The molecule has 0 aliphatic carbocycles. The van der Waals surface area contributed by atoms with Crippen LogP contribution in [0.3, 0.4) is 0 Å². The van der Waals surface area contributed by atoms with E-state index in [0.29, 0.717) is 15.9 Å². The third-order valence-electron chi connectivity index (χ3n) is 3.45. The summed E-state index contributed by atoms with van der Waals surface area (Å²) in [4.78, 5) is 0.344. The van der Waals surface area contributed by atoms with Gasteiger partial charge in [-0.25, -0.2) is 8.42 Å². The summed E-state index contributed by atoms with van der Waals surface area (Å²) in [5.41, 5.74) is 1.05. The average Bonchev–Trinajstić information content (AvgIpc) is 2.91. The van der Waals surface area contributed by atoms with Gasteiger partial charge in [0.25, 0.3) is 0 Å². The van der Waals surface area contributed by atoms with Crippen LogP contribution in [0.5, 0.6) is 0 Å². The molecule has 1 atom stereocenters. The Morgan fingerprint density at radius 1 is 1.50 bits per heavy atom. The van der Waals surface area contributed by atoms with Gasteiger partial charge >= 0.3 is 0 Å². The molecule has 1 aromatic carbocycles. The molecule has 0 amide bonds. The molecule has 0 bridgehead atoms. The van der Waals surface area contributed by atoms with Crippen molar-refractivity contribution in [2.24, 2.45) is 0 Å². The number of halogens is 1. The zero-order chi connectivity index (χ0) is 14.8. The van der Waals surface area contributed by atoms with E-state index in [4.69, 9.17) is 0 Å². The summed E-state index contributed by atoms with van der Waals surface area (Å²) >= 11 is 5.20. The highest BCUT2D eigenvalue weighted by Gasteiger charge is 2.31. The lowest BCUT2D eigenvalue weighted by Gasteiger charge is -2.23. The van der Waals surface area contributed by atoms with Crippen LogP contribution in [0.1, 0.15) is 12.0 Å². The first-order valence-corrected chi connectivity index (χ1v) is 9.84. The number of nitrogens with one attached hydrogen (secondary N) is 1. The largest absolute Gasteiger partial charge is 0.316 e. The highest BCUT2D eigenvalue weighted by Crippen LogP contribution is 2.30. The van der Waals surface area contributed by atoms with Crippen molar-refractivity contribution in [3.05, 3.63) is 28.2 Å². The van der Waals surface area contributed by atoms with E-state index in [1.54, 1.807) is 13.1 Å². The van der Waals surface area contributed by atoms with Crippen LogP contribution in [0.4, 0.5) is 0 Å². The zero-order valence-corrected chi connectivity index (χ0v) is 14.8. The molecule has 112 valence electrons. The SMILES string of the molecule is CNCc1ccc(S(=O)(=O)N(C)C2CCSC2)c(Br)c1. The fourth-order valence-corrected chi connectivity index (χ4v) is 6.06. The average molecular weight is 379 g/mol. The number of thioether (sulfide) groups is 1. The predicted molar refractivity (Wildman–Crippen MR) is 87.6 cm³/mol. The zero-order valence-electron chi connectivity index (χ0n) is 11.6. The van der Waals surface area contributed by atoms with Crippen molar-refractivity contribution in [2.45, 2.75) is 23.9 Å². The summed E-state index contributed by atoms with van der Waals surface area (Å²) in [5.74, 6) is 1.91. The topological polar surface area (TPSA) is 49.4 Å². The lowest BCUT2D eigenvalue weighted by Crippen LogP contribution is -2.37. The maximum Gasteiger partial charge on any atom is 0.244 e. The molecule has 0 saturated carbocycles. The third-order valence-corrected chi connectivity index (χ3v) is 7.49. The fourth-order valence-electron chi connectivity index (χ4n) is 2.23. The van der Waals surface area contributed by atoms with Crippen molar-refractivity contribution in [3.63, 3.8) is 0 Å². The summed E-state index contributed by atoms with van der Waals surface area (Å²) in [6.07, 6.45) is 0.926. The van der Waals surface area contributed by atoms with E-state index in [0.717, 1.165) is 23.5 Å². The van der Waals surface area contributed by atoms with Gasteiger partial charge in [0, 0.05) is 29.9 Å². The number of rotatable bonds is 5. The van der Waals surface area contributed by atoms with Gasteiger partial charge in [-0.05, 0) is 52.8 Å². The molecule has 0 aromatic heterocycles. The molecule has 1 aliphatic rings. The Balaban J connectivity index is 2.29.